The van der Waals surface area contributed by atoms with Gasteiger partial charge >= 0.3 is 0 Å². The Hall–Kier alpha value is -2.53. The van der Waals surface area contributed by atoms with Crippen molar-refractivity contribution in [3.63, 3.8) is 0 Å². The third-order valence-corrected chi connectivity index (χ3v) is 4.34. The topological polar surface area (TPSA) is 63.0 Å². The van der Waals surface area contributed by atoms with Crippen LogP contribution < -0.4 is 5.32 Å². The van der Waals surface area contributed by atoms with Crippen LogP contribution in [0.4, 0.5) is 5.82 Å². The maximum Gasteiger partial charge on any atom is 0.218 e. The van der Waals surface area contributed by atoms with E-state index in [1.54, 1.807) is 6.20 Å². The quantitative estimate of drug-likeness (QED) is 0.717. The molecule has 6 heteroatoms. The lowest BCUT2D eigenvalue weighted by molar-refractivity contribution is 0.428. The average molecular weight is 327 g/mol. The monoisotopic (exact) mass is 326 g/mol. The van der Waals surface area contributed by atoms with E-state index in [9.17, 15) is 5.11 Å². The Balaban J connectivity index is 1.96. The van der Waals surface area contributed by atoms with Crippen LogP contribution in [0.1, 0.15) is 11.1 Å². The molecule has 2 N–H and O–H groups in total. The second kappa shape index (κ2) is 5.28. The molecule has 0 fully saturated rings. The number of aromatic nitrogens is 3. The van der Waals surface area contributed by atoms with Gasteiger partial charge in [-0.05, 0) is 43.2 Å². The van der Waals surface area contributed by atoms with E-state index >= 15 is 0 Å². The van der Waals surface area contributed by atoms with Crippen molar-refractivity contribution in [3.8, 4) is 22.8 Å². The number of rotatable bonds is 1. The zero-order valence-electron chi connectivity index (χ0n) is 12.5. The largest absolute Gasteiger partial charge is 0.493 e. The van der Waals surface area contributed by atoms with Crippen LogP contribution in [-0.2, 0) is 6.42 Å². The second-order valence-corrected chi connectivity index (χ2v) is 6.00. The Labute approximate surface area is 138 Å². The Morgan fingerprint density at radius 2 is 2.17 bits per heavy atom. The van der Waals surface area contributed by atoms with E-state index in [4.69, 9.17) is 11.6 Å². The van der Waals surface area contributed by atoms with E-state index in [1.165, 1.54) is 4.68 Å². The number of hydrogen-bond donors (Lipinski definition) is 2. The fourth-order valence-corrected chi connectivity index (χ4v) is 3.08. The Kier molecular flexibility index (Phi) is 3.23. The van der Waals surface area contributed by atoms with Gasteiger partial charge in [0.05, 0.1) is 10.7 Å². The number of halogens is 1. The Bertz CT molecular complexity index is 904. The fourth-order valence-electron chi connectivity index (χ4n) is 2.88. The molecular weight excluding hydrogens is 312 g/mol. The van der Waals surface area contributed by atoms with E-state index in [0.717, 1.165) is 28.2 Å². The zero-order valence-corrected chi connectivity index (χ0v) is 13.3. The molecule has 0 atom stereocenters. The molecule has 0 spiro atoms. The predicted octanol–water partition coefficient (Wildman–Crippen LogP) is 3.57. The van der Waals surface area contributed by atoms with E-state index in [-0.39, 0.29) is 5.88 Å². The van der Waals surface area contributed by atoms with Crippen LogP contribution in [0.15, 0.2) is 36.5 Å². The van der Waals surface area contributed by atoms with Crippen molar-refractivity contribution < 1.29 is 5.11 Å². The van der Waals surface area contributed by atoms with Crippen molar-refractivity contribution in [1.82, 2.24) is 14.8 Å². The van der Waals surface area contributed by atoms with E-state index < -0.39 is 0 Å². The summed E-state index contributed by atoms with van der Waals surface area (Å²) < 4.78 is 1.52. The smallest absolute Gasteiger partial charge is 0.218 e. The number of aryl methyl sites for hydroxylation is 1. The number of fused-ring (bicyclic) bond motifs is 3. The molecular formula is C17H15ClN4O. The van der Waals surface area contributed by atoms with Gasteiger partial charge in [-0.2, -0.15) is 9.78 Å². The molecule has 0 amide bonds. The summed E-state index contributed by atoms with van der Waals surface area (Å²) in [6.45, 7) is 2.67. The van der Waals surface area contributed by atoms with Gasteiger partial charge in [0.2, 0.25) is 5.88 Å². The Morgan fingerprint density at radius 3 is 3.04 bits per heavy atom. The van der Waals surface area contributed by atoms with Crippen molar-refractivity contribution in [2.24, 2.45) is 0 Å². The maximum absolute atomic E-state index is 10.7. The molecule has 0 aliphatic carbocycles. The molecule has 2 aromatic heterocycles. The summed E-state index contributed by atoms with van der Waals surface area (Å²) in [5, 5.41) is 19.1. The first-order valence-electron chi connectivity index (χ1n) is 7.42. The molecule has 0 saturated heterocycles. The molecule has 5 nitrogen and oxygen atoms in total. The molecule has 1 aliphatic rings. The third kappa shape index (κ3) is 2.24. The highest BCUT2D eigenvalue weighted by molar-refractivity contribution is 6.32. The molecule has 0 bridgehead atoms. The van der Waals surface area contributed by atoms with E-state index in [0.29, 0.717) is 23.7 Å². The summed E-state index contributed by atoms with van der Waals surface area (Å²) >= 11 is 6.30. The van der Waals surface area contributed by atoms with Gasteiger partial charge in [-0.25, -0.2) is 4.98 Å². The summed E-state index contributed by atoms with van der Waals surface area (Å²) in [5.74, 6) is 0.914. The van der Waals surface area contributed by atoms with Gasteiger partial charge in [-0.15, -0.1) is 0 Å². The number of nitrogens with zero attached hydrogens (tertiary/aromatic N) is 3. The standard InChI is InChI=1S/C17H15ClN4O/c1-10-4-5-13(18)14(9-10)22-17(23)12-6-8-20-16-11(15(12)21-22)3-2-7-19-16/h2-5,7,9,23H,6,8H2,1H3,(H,19,20). The number of hydrogen-bond acceptors (Lipinski definition) is 4. The van der Waals surface area contributed by atoms with Crippen LogP contribution in [0.2, 0.25) is 5.02 Å². The fraction of sp³-hybridized carbons (Fsp3) is 0.176. The molecule has 1 aliphatic heterocycles. The van der Waals surface area contributed by atoms with Crippen molar-refractivity contribution >= 4 is 17.4 Å². The molecule has 3 aromatic rings. The van der Waals surface area contributed by atoms with Gasteiger partial charge in [0.25, 0.3) is 0 Å². The highest BCUT2D eigenvalue weighted by atomic mass is 35.5. The highest BCUT2D eigenvalue weighted by Crippen LogP contribution is 2.38. The molecule has 0 radical (unpaired) electrons. The van der Waals surface area contributed by atoms with Crippen LogP contribution in [0, 0.1) is 6.92 Å². The van der Waals surface area contributed by atoms with Crippen LogP contribution in [0.25, 0.3) is 16.9 Å². The normalized spacial score (nSPS) is 13.0. The number of nitrogens with one attached hydrogen (secondary N) is 1. The molecule has 4 rings (SSSR count). The van der Waals surface area contributed by atoms with E-state index in [2.05, 4.69) is 15.4 Å². The minimum Gasteiger partial charge on any atom is -0.493 e. The third-order valence-electron chi connectivity index (χ3n) is 4.02. The number of anilines is 1. The molecule has 116 valence electrons. The number of benzene rings is 1. The minimum atomic E-state index is 0.131. The average Bonchev–Trinajstić information content (AvgIpc) is 2.76. The lowest BCUT2D eigenvalue weighted by Gasteiger charge is -2.08. The minimum absolute atomic E-state index is 0.131. The number of aromatic hydroxyl groups is 1. The number of pyridine rings is 1. The molecule has 0 unspecified atom stereocenters. The summed E-state index contributed by atoms with van der Waals surface area (Å²) in [7, 11) is 0. The molecule has 1 aromatic carbocycles. The van der Waals surface area contributed by atoms with Gasteiger partial charge < -0.3 is 10.4 Å². The van der Waals surface area contributed by atoms with Crippen molar-refractivity contribution in [2.45, 2.75) is 13.3 Å². The first kappa shape index (κ1) is 14.1. The summed E-state index contributed by atoms with van der Waals surface area (Å²) in [5.41, 5.74) is 4.17. The van der Waals surface area contributed by atoms with Crippen LogP contribution in [0.3, 0.4) is 0 Å². The molecule has 3 heterocycles. The predicted molar refractivity (Wildman–Crippen MR) is 90.4 cm³/mol. The summed E-state index contributed by atoms with van der Waals surface area (Å²) in [6.07, 6.45) is 2.41. The van der Waals surface area contributed by atoms with Crippen molar-refractivity contribution in [2.75, 3.05) is 11.9 Å². The van der Waals surface area contributed by atoms with Crippen LogP contribution in [-0.4, -0.2) is 26.4 Å². The van der Waals surface area contributed by atoms with Crippen molar-refractivity contribution in [3.05, 3.63) is 52.7 Å². The van der Waals surface area contributed by atoms with Crippen LogP contribution >= 0.6 is 11.6 Å². The first-order chi connectivity index (χ1) is 11.1. The highest BCUT2D eigenvalue weighted by Gasteiger charge is 2.24. The van der Waals surface area contributed by atoms with Gasteiger partial charge in [-0.1, -0.05) is 17.7 Å². The van der Waals surface area contributed by atoms with Crippen LogP contribution in [0.5, 0.6) is 5.88 Å². The maximum atomic E-state index is 10.7. The second-order valence-electron chi connectivity index (χ2n) is 5.59. The van der Waals surface area contributed by atoms with Gasteiger partial charge in [-0.3, -0.25) is 0 Å². The first-order valence-corrected chi connectivity index (χ1v) is 7.79. The lowest BCUT2D eigenvalue weighted by atomic mass is 10.1. The summed E-state index contributed by atoms with van der Waals surface area (Å²) in [6, 6.07) is 9.48. The lowest BCUT2D eigenvalue weighted by Crippen LogP contribution is -2.05. The summed E-state index contributed by atoms with van der Waals surface area (Å²) in [4.78, 5) is 4.35. The zero-order chi connectivity index (χ0) is 16.0. The van der Waals surface area contributed by atoms with E-state index in [1.807, 2.05) is 37.3 Å². The Morgan fingerprint density at radius 1 is 1.30 bits per heavy atom. The molecule has 23 heavy (non-hydrogen) atoms. The van der Waals surface area contributed by atoms with Gasteiger partial charge in [0.1, 0.15) is 11.5 Å². The van der Waals surface area contributed by atoms with Gasteiger partial charge in [0, 0.05) is 23.9 Å². The van der Waals surface area contributed by atoms with Gasteiger partial charge in [0.15, 0.2) is 0 Å². The molecule has 0 saturated carbocycles. The van der Waals surface area contributed by atoms with Crippen molar-refractivity contribution in [1.29, 1.82) is 0 Å². The SMILES string of the molecule is Cc1ccc(Cl)c(-n2nc3c(c2O)CCNc2ncccc2-3)c1.